The van der Waals surface area contributed by atoms with Crippen LogP contribution in [0.3, 0.4) is 0 Å². The Hall–Kier alpha value is -2.93. The molecule has 3 rings (SSSR count). The Morgan fingerprint density at radius 3 is 2.60 bits per heavy atom. The van der Waals surface area contributed by atoms with Gasteiger partial charge in [0.25, 0.3) is 0 Å². The minimum absolute atomic E-state index is 0.244. The molecule has 0 atom stereocenters. The third-order valence-electron chi connectivity index (χ3n) is 4.47. The van der Waals surface area contributed by atoms with E-state index < -0.39 is 0 Å². The lowest BCUT2D eigenvalue weighted by Crippen LogP contribution is -2.11. The Balaban J connectivity index is 1.93. The number of hydrogen-bond donors (Lipinski definition) is 1. The minimum atomic E-state index is 0.244. The van der Waals surface area contributed by atoms with Crippen LogP contribution >= 0.6 is 0 Å². The third-order valence-corrected chi connectivity index (χ3v) is 4.47. The second kappa shape index (κ2) is 7.76. The zero-order valence-electron chi connectivity index (χ0n) is 14.4. The normalized spacial score (nSPS) is 15.0. The summed E-state index contributed by atoms with van der Waals surface area (Å²) in [6.45, 7) is 0. The summed E-state index contributed by atoms with van der Waals surface area (Å²) in [6, 6.07) is 15.3. The Bertz CT molecular complexity index is 815. The first kappa shape index (κ1) is 16.9. The molecule has 0 amide bonds. The van der Waals surface area contributed by atoms with Gasteiger partial charge < -0.3 is 15.2 Å². The van der Waals surface area contributed by atoms with E-state index in [1.54, 1.807) is 13.2 Å². The first-order valence-corrected chi connectivity index (χ1v) is 8.52. The van der Waals surface area contributed by atoms with Crippen molar-refractivity contribution in [3.63, 3.8) is 0 Å². The standard InChI is InChI=1S/C21H22N2O2/c1-24-20-11-10-15(13-21(20)25-17-6-2-3-7-17)12-16(14-22)18-8-4-5-9-19(18)23/h4-5,8-13,17H,2-3,6-7,23H2,1H3. The second-order valence-electron chi connectivity index (χ2n) is 6.19. The first-order chi connectivity index (χ1) is 12.2. The van der Waals surface area contributed by atoms with Crippen LogP contribution in [-0.2, 0) is 0 Å². The molecule has 128 valence electrons. The number of nitriles is 1. The van der Waals surface area contributed by atoms with Gasteiger partial charge in [-0.15, -0.1) is 0 Å². The van der Waals surface area contributed by atoms with Crippen molar-refractivity contribution in [1.82, 2.24) is 0 Å². The van der Waals surface area contributed by atoms with Gasteiger partial charge in [-0.25, -0.2) is 0 Å². The molecular weight excluding hydrogens is 312 g/mol. The van der Waals surface area contributed by atoms with Crippen LogP contribution in [-0.4, -0.2) is 13.2 Å². The van der Waals surface area contributed by atoms with E-state index in [1.165, 1.54) is 12.8 Å². The highest BCUT2D eigenvalue weighted by Crippen LogP contribution is 2.33. The second-order valence-corrected chi connectivity index (χ2v) is 6.19. The highest BCUT2D eigenvalue weighted by atomic mass is 16.5. The molecule has 0 heterocycles. The van der Waals surface area contributed by atoms with Crippen LogP contribution in [0.25, 0.3) is 11.6 Å². The summed E-state index contributed by atoms with van der Waals surface area (Å²) in [5.41, 5.74) is 8.73. The predicted molar refractivity (Wildman–Crippen MR) is 100 cm³/mol. The molecule has 0 bridgehead atoms. The van der Waals surface area contributed by atoms with E-state index in [0.717, 1.165) is 29.7 Å². The molecule has 2 N–H and O–H groups in total. The fourth-order valence-electron chi connectivity index (χ4n) is 3.14. The number of benzene rings is 2. The van der Waals surface area contributed by atoms with Crippen LogP contribution in [0.4, 0.5) is 5.69 Å². The lowest BCUT2D eigenvalue weighted by atomic mass is 10.0. The van der Waals surface area contributed by atoms with Crippen molar-refractivity contribution in [2.24, 2.45) is 0 Å². The highest BCUT2D eigenvalue weighted by molar-refractivity contribution is 5.93. The zero-order valence-corrected chi connectivity index (χ0v) is 14.4. The van der Waals surface area contributed by atoms with Crippen molar-refractivity contribution in [1.29, 1.82) is 5.26 Å². The molecule has 0 saturated heterocycles. The summed E-state index contributed by atoms with van der Waals surface area (Å²) in [4.78, 5) is 0. The number of allylic oxidation sites excluding steroid dienone is 1. The molecule has 0 aromatic heterocycles. The third kappa shape index (κ3) is 3.95. The largest absolute Gasteiger partial charge is 0.493 e. The van der Waals surface area contributed by atoms with E-state index in [0.29, 0.717) is 17.0 Å². The quantitative estimate of drug-likeness (QED) is 0.490. The van der Waals surface area contributed by atoms with E-state index in [4.69, 9.17) is 15.2 Å². The SMILES string of the molecule is COc1ccc(C=C(C#N)c2ccccc2N)cc1OC1CCCC1. The first-order valence-electron chi connectivity index (χ1n) is 8.52. The zero-order chi connectivity index (χ0) is 17.6. The summed E-state index contributed by atoms with van der Waals surface area (Å²) in [5, 5.41) is 9.54. The van der Waals surface area contributed by atoms with Gasteiger partial charge in [0.15, 0.2) is 11.5 Å². The molecule has 25 heavy (non-hydrogen) atoms. The fourth-order valence-corrected chi connectivity index (χ4v) is 3.14. The fraction of sp³-hybridized carbons (Fsp3) is 0.286. The van der Waals surface area contributed by atoms with Crippen LogP contribution < -0.4 is 15.2 Å². The summed E-state index contributed by atoms with van der Waals surface area (Å²) >= 11 is 0. The molecule has 1 saturated carbocycles. The molecule has 4 heteroatoms. The molecular formula is C21H22N2O2. The topological polar surface area (TPSA) is 68.3 Å². The van der Waals surface area contributed by atoms with Gasteiger partial charge in [0.05, 0.1) is 24.9 Å². The van der Waals surface area contributed by atoms with Crippen molar-refractivity contribution in [3.8, 4) is 17.6 Å². The van der Waals surface area contributed by atoms with Gasteiger partial charge in [-0.2, -0.15) is 5.26 Å². The molecule has 0 aliphatic heterocycles. The van der Waals surface area contributed by atoms with Crippen LogP contribution in [0.15, 0.2) is 42.5 Å². The average Bonchev–Trinajstić information content (AvgIpc) is 3.14. The van der Waals surface area contributed by atoms with Gasteiger partial charge in [0, 0.05) is 11.3 Å². The maximum atomic E-state index is 9.54. The molecule has 0 radical (unpaired) electrons. The summed E-state index contributed by atoms with van der Waals surface area (Å²) in [5.74, 6) is 1.43. The molecule has 1 aliphatic rings. The number of nitrogen functional groups attached to an aromatic ring is 1. The maximum Gasteiger partial charge on any atom is 0.162 e. The van der Waals surface area contributed by atoms with E-state index in [9.17, 15) is 5.26 Å². The van der Waals surface area contributed by atoms with Gasteiger partial charge in [-0.05, 0) is 55.5 Å². The lowest BCUT2D eigenvalue weighted by Gasteiger charge is -2.16. The molecule has 2 aromatic carbocycles. The van der Waals surface area contributed by atoms with E-state index in [1.807, 2.05) is 42.5 Å². The van der Waals surface area contributed by atoms with E-state index >= 15 is 0 Å². The van der Waals surface area contributed by atoms with Crippen LogP contribution in [0.5, 0.6) is 11.5 Å². The van der Waals surface area contributed by atoms with Crippen LogP contribution in [0.1, 0.15) is 36.8 Å². The van der Waals surface area contributed by atoms with Gasteiger partial charge in [0.1, 0.15) is 0 Å². The number of anilines is 1. The molecule has 0 unspecified atom stereocenters. The van der Waals surface area contributed by atoms with Gasteiger partial charge in [0.2, 0.25) is 0 Å². The summed E-state index contributed by atoms with van der Waals surface area (Å²) < 4.78 is 11.5. The van der Waals surface area contributed by atoms with Crippen molar-refractivity contribution in [2.75, 3.05) is 12.8 Å². The number of rotatable bonds is 5. The Morgan fingerprint density at radius 2 is 1.92 bits per heavy atom. The number of nitrogens with two attached hydrogens (primary N) is 1. The van der Waals surface area contributed by atoms with Crippen molar-refractivity contribution in [2.45, 2.75) is 31.8 Å². The lowest BCUT2D eigenvalue weighted by molar-refractivity contribution is 0.201. The Labute approximate surface area is 148 Å². The molecule has 1 aliphatic carbocycles. The van der Waals surface area contributed by atoms with Crippen LogP contribution in [0, 0.1) is 11.3 Å². The van der Waals surface area contributed by atoms with Crippen molar-refractivity contribution < 1.29 is 9.47 Å². The minimum Gasteiger partial charge on any atom is -0.493 e. The highest BCUT2D eigenvalue weighted by Gasteiger charge is 2.18. The number of hydrogen-bond acceptors (Lipinski definition) is 4. The van der Waals surface area contributed by atoms with Gasteiger partial charge >= 0.3 is 0 Å². The van der Waals surface area contributed by atoms with E-state index in [-0.39, 0.29) is 6.10 Å². The maximum absolute atomic E-state index is 9.54. The molecule has 1 fully saturated rings. The number of ether oxygens (including phenoxy) is 2. The summed E-state index contributed by atoms with van der Waals surface area (Å²) in [7, 11) is 1.64. The van der Waals surface area contributed by atoms with Crippen molar-refractivity contribution >= 4 is 17.3 Å². The van der Waals surface area contributed by atoms with Crippen molar-refractivity contribution in [3.05, 3.63) is 53.6 Å². The number of nitrogens with zero attached hydrogens (tertiary/aromatic N) is 1. The number of methoxy groups -OCH3 is 1. The van der Waals surface area contributed by atoms with Gasteiger partial charge in [-0.1, -0.05) is 24.3 Å². The van der Waals surface area contributed by atoms with Gasteiger partial charge in [-0.3, -0.25) is 0 Å². The Morgan fingerprint density at radius 1 is 1.16 bits per heavy atom. The average molecular weight is 334 g/mol. The number of para-hydroxylation sites is 1. The molecule has 4 nitrogen and oxygen atoms in total. The smallest absolute Gasteiger partial charge is 0.162 e. The molecule has 0 spiro atoms. The summed E-state index contributed by atoms with van der Waals surface area (Å²) in [6.07, 6.45) is 6.64. The van der Waals surface area contributed by atoms with E-state index in [2.05, 4.69) is 6.07 Å². The van der Waals surface area contributed by atoms with Crippen LogP contribution in [0.2, 0.25) is 0 Å². The monoisotopic (exact) mass is 334 g/mol. The predicted octanol–water partition coefficient (Wildman–Crippen LogP) is 4.66. The molecule has 2 aromatic rings. The Kier molecular flexibility index (Phi) is 5.25.